The molecule has 27 heavy (non-hydrogen) atoms. The van der Waals surface area contributed by atoms with Crippen LogP contribution in [0.2, 0.25) is 0 Å². The number of hydrogen-bond donors (Lipinski definition) is 2. The number of hydrogen-bond acceptors (Lipinski definition) is 5. The van der Waals surface area contributed by atoms with Crippen molar-refractivity contribution in [2.75, 3.05) is 32.7 Å². The molecule has 2 fully saturated rings. The first kappa shape index (κ1) is 19.8. The van der Waals surface area contributed by atoms with Gasteiger partial charge in [0, 0.05) is 24.5 Å². The molecule has 0 radical (unpaired) electrons. The van der Waals surface area contributed by atoms with Crippen molar-refractivity contribution in [3.05, 3.63) is 22.4 Å². The highest BCUT2D eigenvalue weighted by Gasteiger charge is 2.54. The van der Waals surface area contributed by atoms with Gasteiger partial charge in [-0.05, 0) is 37.1 Å². The van der Waals surface area contributed by atoms with Gasteiger partial charge in [-0.15, -0.1) is 11.3 Å². The number of rotatable bonds is 8. The van der Waals surface area contributed by atoms with E-state index in [0.717, 1.165) is 17.7 Å². The van der Waals surface area contributed by atoms with Crippen molar-refractivity contribution in [3.8, 4) is 0 Å². The molecule has 7 nitrogen and oxygen atoms in total. The van der Waals surface area contributed by atoms with Gasteiger partial charge in [0.2, 0.25) is 11.8 Å². The number of likely N-dealkylation sites (tertiary alicyclic amines) is 1. The molecule has 1 saturated carbocycles. The fourth-order valence-electron chi connectivity index (χ4n) is 4.36. The summed E-state index contributed by atoms with van der Waals surface area (Å²) in [6.07, 6.45) is 2.56. The second-order valence-electron chi connectivity index (χ2n) is 7.48. The maximum Gasteiger partial charge on any atom is 0.311 e. The maximum absolute atomic E-state index is 12.7. The second kappa shape index (κ2) is 8.39. The van der Waals surface area contributed by atoms with E-state index in [2.05, 4.69) is 5.32 Å². The van der Waals surface area contributed by atoms with E-state index in [1.165, 1.54) is 4.90 Å². The summed E-state index contributed by atoms with van der Waals surface area (Å²) in [5, 5.41) is 14.5. The first-order valence-electron chi connectivity index (χ1n) is 9.47. The highest BCUT2D eigenvalue weighted by atomic mass is 32.1. The summed E-state index contributed by atoms with van der Waals surface area (Å²) in [5.74, 6) is -0.907. The highest BCUT2D eigenvalue weighted by molar-refractivity contribution is 7.09. The van der Waals surface area contributed by atoms with Crippen LogP contribution in [0, 0.1) is 11.3 Å². The van der Waals surface area contributed by atoms with Gasteiger partial charge in [0.1, 0.15) is 0 Å². The maximum atomic E-state index is 12.7. The van der Waals surface area contributed by atoms with Crippen molar-refractivity contribution < 1.29 is 19.5 Å². The lowest BCUT2D eigenvalue weighted by Crippen LogP contribution is -2.45. The van der Waals surface area contributed by atoms with E-state index in [-0.39, 0.29) is 30.8 Å². The van der Waals surface area contributed by atoms with Crippen LogP contribution in [-0.4, -0.2) is 65.4 Å². The first-order chi connectivity index (χ1) is 12.9. The molecule has 0 bridgehead atoms. The number of fused-ring (bicyclic) bond motifs is 1. The number of nitrogens with one attached hydrogen (secondary N) is 1. The van der Waals surface area contributed by atoms with E-state index in [9.17, 15) is 19.5 Å². The molecular weight excluding hydrogens is 366 g/mol. The Balaban J connectivity index is 1.50. The molecule has 3 rings (SSSR count). The van der Waals surface area contributed by atoms with Crippen molar-refractivity contribution in [2.24, 2.45) is 11.3 Å². The van der Waals surface area contributed by atoms with Crippen LogP contribution in [0.25, 0.3) is 0 Å². The summed E-state index contributed by atoms with van der Waals surface area (Å²) in [6.45, 7) is 4.06. The predicted molar refractivity (Wildman–Crippen MR) is 102 cm³/mol. The fraction of sp³-hybridized carbons (Fsp3) is 0.632. The van der Waals surface area contributed by atoms with E-state index >= 15 is 0 Å². The molecular formula is C19H27N3O4S. The van der Waals surface area contributed by atoms with Gasteiger partial charge in [0.05, 0.1) is 25.0 Å². The molecule has 2 atom stereocenters. The molecule has 2 N–H and O–H groups in total. The molecule has 2 aliphatic rings. The average Bonchev–Trinajstić information content (AvgIpc) is 3.33. The summed E-state index contributed by atoms with van der Waals surface area (Å²) >= 11 is 1.58. The molecule has 1 aliphatic heterocycles. The Morgan fingerprint density at radius 3 is 2.89 bits per heavy atom. The Kier molecular flexibility index (Phi) is 6.16. The van der Waals surface area contributed by atoms with Crippen molar-refractivity contribution in [3.63, 3.8) is 0 Å². The van der Waals surface area contributed by atoms with Crippen molar-refractivity contribution in [1.29, 1.82) is 0 Å². The van der Waals surface area contributed by atoms with Crippen molar-refractivity contribution >= 4 is 29.1 Å². The summed E-state index contributed by atoms with van der Waals surface area (Å²) in [6, 6.07) is 3.89. The van der Waals surface area contributed by atoms with Crippen molar-refractivity contribution in [2.45, 2.75) is 32.7 Å². The monoisotopic (exact) mass is 393 g/mol. The van der Waals surface area contributed by atoms with E-state index in [1.807, 2.05) is 29.3 Å². The van der Waals surface area contributed by atoms with Gasteiger partial charge in [0.15, 0.2) is 0 Å². The third kappa shape index (κ3) is 4.32. The van der Waals surface area contributed by atoms with Crippen LogP contribution in [0.1, 0.15) is 31.1 Å². The van der Waals surface area contributed by atoms with Gasteiger partial charge in [-0.1, -0.05) is 12.5 Å². The number of thiophene rings is 1. The van der Waals surface area contributed by atoms with Crippen LogP contribution in [0.3, 0.4) is 0 Å². The SMILES string of the molecule is CCN(CC(=O)NCc1cccs1)C(=O)CN1C[C@@H]2CCC[C@@]2(C(=O)O)C1. The fourth-order valence-corrected chi connectivity index (χ4v) is 5.00. The smallest absolute Gasteiger partial charge is 0.311 e. The first-order valence-corrected chi connectivity index (χ1v) is 10.3. The molecule has 8 heteroatoms. The average molecular weight is 394 g/mol. The van der Waals surface area contributed by atoms with Gasteiger partial charge in [-0.25, -0.2) is 0 Å². The minimum absolute atomic E-state index is 0.0298. The number of carboxylic acid groups (broad SMARTS) is 1. The molecule has 2 heterocycles. The van der Waals surface area contributed by atoms with Crippen LogP contribution in [0.4, 0.5) is 0 Å². The Hall–Kier alpha value is -1.93. The standard InChI is InChI=1S/C19H27N3O4S/c1-2-22(11-16(23)20-9-15-6-4-8-27-15)17(24)12-21-10-14-5-3-7-19(14,13-21)18(25)26/h4,6,8,14H,2-3,5,7,9-13H2,1H3,(H,20,23)(H,25,26)/t14-,19+/m0/s1. The molecule has 148 valence electrons. The zero-order valence-electron chi connectivity index (χ0n) is 15.6. The number of aliphatic carboxylic acids is 1. The predicted octanol–water partition coefficient (Wildman–Crippen LogP) is 1.40. The van der Waals surface area contributed by atoms with E-state index in [1.54, 1.807) is 11.3 Å². The number of carbonyl (C=O) groups is 3. The third-order valence-corrected chi connectivity index (χ3v) is 6.71. The molecule has 0 spiro atoms. The number of likely N-dealkylation sites (N-methyl/N-ethyl adjacent to an activating group) is 1. The normalized spacial score (nSPS) is 24.6. The van der Waals surface area contributed by atoms with E-state index < -0.39 is 11.4 Å². The lowest BCUT2D eigenvalue weighted by Gasteiger charge is -2.25. The Labute approximate surface area is 163 Å². The Bertz CT molecular complexity index is 693. The Morgan fingerprint density at radius 1 is 1.44 bits per heavy atom. The molecule has 0 unspecified atom stereocenters. The summed E-state index contributed by atoms with van der Waals surface area (Å²) in [7, 11) is 0. The quantitative estimate of drug-likeness (QED) is 0.697. The third-order valence-electron chi connectivity index (χ3n) is 5.83. The lowest BCUT2D eigenvalue weighted by atomic mass is 9.81. The van der Waals surface area contributed by atoms with Crippen LogP contribution in [0.5, 0.6) is 0 Å². The van der Waals surface area contributed by atoms with E-state index in [0.29, 0.717) is 32.6 Å². The molecule has 0 aromatic carbocycles. The number of amides is 2. The largest absolute Gasteiger partial charge is 0.481 e. The Morgan fingerprint density at radius 2 is 2.26 bits per heavy atom. The number of carboxylic acids is 1. The second-order valence-corrected chi connectivity index (χ2v) is 8.52. The van der Waals surface area contributed by atoms with Crippen LogP contribution in [-0.2, 0) is 20.9 Å². The molecule has 1 saturated heterocycles. The summed E-state index contributed by atoms with van der Waals surface area (Å²) in [5.41, 5.74) is -0.685. The van der Waals surface area contributed by atoms with Gasteiger partial charge in [-0.2, -0.15) is 0 Å². The minimum atomic E-state index is -0.736. The molecule has 1 aliphatic carbocycles. The topological polar surface area (TPSA) is 90.0 Å². The highest BCUT2D eigenvalue weighted by Crippen LogP contribution is 2.48. The molecule has 1 aromatic heterocycles. The zero-order valence-corrected chi connectivity index (χ0v) is 16.5. The van der Waals surface area contributed by atoms with Gasteiger partial charge in [-0.3, -0.25) is 19.3 Å². The van der Waals surface area contributed by atoms with Gasteiger partial charge < -0.3 is 15.3 Å². The lowest BCUT2D eigenvalue weighted by molar-refractivity contribution is -0.149. The zero-order chi connectivity index (χ0) is 19.4. The van der Waals surface area contributed by atoms with Gasteiger partial charge in [0.25, 0.3) is 0 Å². The van der Waals surface area contributed by atoms with Crippen LogP contribution in [0.15, 0.2) is 17.5 Å². The van der Waals surface area contributed by atoms with Crippen LogP contribution < -0.4 is 5.32 Å². The molecule has 1 aromatic rings. The summed E-state index contributed by atoms with van der Waals surface area (Å²) in [4.78, 5) is 41.1. The number of nitrogens with zero attached hydrogens (tertiary/aromatic N) is 2. The minimum Gasteiger partial charge on any atom is -0.481 e. The van der Waals surface area contributed by atoms with E-state index in [4.69, 9.17) is 0 Å². The van der Waals surface area contributed by atoms with Crippen molar-refractivity contribution in [1.82, 2.24) is 15.1 Å². The van der Waals surface area contributed by atoms with Crippen LogP contribution >= 0.6 is 11.3 Å². The summed E-state index contributed by atoms with van der Waals surface area (Å²) < 4.78 is 0. The molecule has 2 amide bonds. The number of carbonyl (C=O) groups excluding carboxylic acids is 2. The van der Waals surface area contributed by atoms with Gasteiger partial charge >= 0.3 is 5.97 Å².